The maximum Gasteiger partial charge on any atom is 0.240 e. The Hall–Kier alpha value is -1.81. The Morgan fingerprint density at radius 2 is 2.19 bits per heavy atom. The molecule has 1 amide bonds. The number of para-hydroxylation sites is 1. The number of fused-ring (bicyclic) bond motifs is 1. The number of H-pyrrole nitrogens is 1. The quantitative estimate of drug-likeness (QED) is 0.910. The lowest BCUT2D eigenvalue weighted by Crippen LogP contribution is -2.50. The van der Waals surface area contributed by atoms with Gasteiger partial charge in [0.05, 0.1) is 6.04 Å². The van der Waals surface area contributed by atoms with Crippen LogP contribution >= 0.6 is 0 Å². The van der Waals surface area contributed by atoms with Gasteiger partial charge in [0.1, 0.15) is 0 Å². The van der Waals surface area contributed by atoms with Crippen LogP contribution < -0.4 is 5.73 Å². The second kappa shape index (κ2) is 5.19. The number of hydrogen-bond donors (Lipinski definition) is 2. The first-order valence-corrected chi connectivity index (χ1v) is 7.61. The maximum absolute atomic E-state index is 12.6. The Bertz CT molecular complexity index is 659. The van der Waals surface area contributed by atoms with Crippen LogP contribution in [0.1, 0.15) is 32.3 Å². The van der Waals surface area contributed by atoms with Crippen molar-refractivity contribution >= 4 is 16.8 Å². The smallest absolute Gasteiger partial charge is 0.240 e. The molecule has 3 N–H and O–H groups in total. The van der Waals surface area contributed by atoms with E-state index in [0.717, 1.165) is 35.9 Å². The van der Waals surface area contributed by atoms with E-state index < -0.39 is 6.04 Å². The second-order valence-electron chi connectivity index (χ2n) is 6.58. The highest BCUT2D eigenvalue weighted by molar-refractivity contribution is 5.86. The van der Waals surface area contributed by atoms with Gasteiger partial charge in [-0.15, -0.1) is 0 Å². The molecule has 0 aliphatic carbocycles. The number of likely N-dealkylation sites (tertiary alicyclic amines) is 1. The lowest BCUT2D eigenvalue weighted by molar-refractivity contribution is -0.135. The third-order valence-electron chi connectivity index (χ3n) is 4.60. The van der Waals surface area contributed by atoms with E-state index in [1.807, 2.05) is 29.3 Å². The molecular weight excluding hydrogens is 262 g/mol. The standard InChI is InChI=1S/C17H23N3O/c1-17(2)8-5-9-20(17)16(21)14(18)10-12-11-19-15-7-4-3-6-13(12)15/h3-4,6-7,11,14,19H,5,8-10,18H2,1-2H3/t14-/m1/s1. The summed E-state index contributed by atoms with van der Waals surface area (Å²) in [6.07, 6.45) is 4.67. The summed E-state index contributed by atoms with van der Waals surface area (Å²) in [7, 11) is 0. The van der Waals surface area contributed by atoms with Crippen molar-refractivity contribution in [1.82, 2.24) is 9.88 Å². The van der Waals surface area contributed by atoms with Gasteiger partial charge in [0.2, 0.25) is 5.91 Å². The van der Waals surface area contributed by atoms with Crippen molar-refractivity contribution < 1.29 is 4.79 Å². The normalized spacial score (nSPS) is 19.1. The molecule has 3 rings (SSSR count). The van der Waals surface area contributed by atoms with Crippen LogP contribution in [0.5, 0.6) is 0 Å². The number of nitrogens with two attached hydrogens (primary N) is 1. The van der Waals surface area contributed by atoms with Crippen LogP contribution in [0, 0.1) is 0 Å². The van der Waals surface area contributed by atoms with Gasteiger partial charge in [-0.05, 0) is 44.7 Å². The molecule has 1 saturated heterocycles. The van der Waals surface area contributed by atoms with Crippen LogP contribution in [-0.4, -0.2) is 33.9 Å². The van der Waals surface area contributed by atoms with E-state index in [2.05, 4.69) is 24.9 Å². The Labute approximate surface area is 125 Å². The summed E-state index contributed by atoms with van der Waals surface area (Å²) in [6, 6.07) is 7.65. The number of amides is 1. The van der Waals surface area contributed by atoms with E-state index in [0.29, 0.717) is 6.42 Å². The summed E-state index contributed by atoms with van der Waals surface area (Å²) in [5, 5.41) is 1.15. The number of aromatic amines is 1. The van der Waals surface area contributed by atoms with E-state index in [1.54, 1.807) is 0 Å². The molecule has 1 aromatic heterocycles. The van der Waals surface area contributed by atoms with Gasteiger partial charge in [0.25, 0.3) is 0 Å². The van der Waals surface area contributed by atoms with Crippen molar-refractivity contribution in [2.75, 3.05) is 6.54 Å². The molecule has 0 radical (unpaired) electrons. The lowest BCUT2D eigenvalue weighted by Gasteiger charge is -2.33. The number of carbonyl (C=O) groups is 1. The van der Waals surface area contributed by atoms with Crippen molar-refractivity contribution in [3.8, 4) is 0 Å². The fourth-order valence-corrected chi connectivity index (χ4v) is 3.34. The number of nitrogens with one attached hydrogen (secondary N) is 1. The van der Waals surface area contributed by atoms with Gasteiger partial charge in [0.15, 0.2) is 0 Å². The molecule has 4 nitrogen and oxygen atoms in total. The highest BCUT2D eigenvalue weighted by Crippen LogP contribution is 2.29. The summed E-state index contributed by atoms with van der Waals surface area (Å²) >= 11 is 0. The zero-order chi connectivity index (χ0) is 15.0. The van der Waals surface area contributed by atoms with E-state index >= 15 is 0 Å². The summed E-state index contributed by atoms with van der Waals surface area (Å²) < 4.78 is 0. The average molecular weight is 285 g/mol. The molecule has 1 aliphatic heterocycles. The van der Waals surface area contributed by atoms with Crippen LogP contribution in [0.4, 0.5) is 0 Å². The van der Waals surface area contributed by atoms with Gasteiger partial charge in [-0.2, -0.15) is 0 Å². The highest BCUT2D eigenvalue weighted by atomic mass is 16.2. The summed E-state index contributed by atoms with van der Waals surface area (Å²) in [5.74, 6) is 0.0720. The first kappa shape index (κ1) is 14.1. The second-order valence-corrected chi connectivity index (χ2v) is 6.58. The van der Waals surface area contributed by atoms with Crippen LogP contribution in [0.25, 0.3) is 10.9 Å². The third kappa shape index (κ3) is 2.56. The molecule has 4 heteroatoms. The van der Waals surface area contributed by atoms with E-state index in [9.17, 15) is 4.79 Å². The predicted molar refractivity (Wildman–Crippen MR) is 85.0 cm³/mol. The Balaban J connectivity index is 1.77. The molecule has 21 heavy (non-hydrogen) atoms. The Kier molecular flexibility index (Phi) is 3.49. The molecular formula is C17H23N3O. The number of rotatable bonds is 3. The monoisotopic (exact) mass is 285 g/mol. The number of benzene rings is 1. The minimum Gasteiger partial charge on any atom is -0.361 e. The van der Waals surface area contributed by atoms with Gasteiger partial charge in [-0.25, -0.2) is 0 Å². The molecule has 0 spiro atoms. The van der Waals surface area contributed by atoms with Gasteiger partial charge in [-0.3, -0.25) is 4.79 Å². The molecule has 0 unspecified atom stereocenters. The number of nitrogens with zero attached hydrogens (tertiary/aromatic N) is 1. The van der Waals surface area contributed by atoms with E-state index in [4.69, 9.17) is 5.73 Å². The molecule has 112 valence electrons. The largest absolute Gasteiger partial charge is 0.361 e. The van der Waals surface area contributed by atoms with Gasteiger partial charge in [-0.1, -0.05) is 18.2 Å². The minimum atomic E-state index is -0.471. The zero-order valence-corrected chi connectivity index (χ0v) is 12.7. The lowest BCUT2D eigenvalue weighted by atomic mass is 10.00. The number of hydrogen-bond acceptors (Lipinski definition) is 2. The summed E-state index contributed by atoms with van der Waals surface area (Å²) in [6.45, 7) is 5.07. The summed E-state index contributed by atoms with van der Waals surface area (Å²) in [4.78, 5) is 17.8. The van der Waals surface area contributed by atoms with Crippen molar-refractivity contribution in [3.63, 3.8) is 0 Å². The maximum atomic E-state index is 12.6. The van der Waals surface area contributed by atoms with Crippen molar-refractivity contribution in [1.29, 1.82) is 0 Å². The average Bonchev–Trinajstić information content (AvgIpc) is 3.01. The van der Waals surface area contributed by atoms with Crippen molar-refractivity contribution in [2.45, 2.75) is 44.7 Å². The summed E-state index contributed by atoms with van der Waals surface area (Å²) in [5.41, 5.74) is 8.34. The van der Waals surface area contributed by atoms with Gasteiger partial charge < -0.3 is 15.6 Å². The topological polar surface area (TPSA) is 62.1 Å². The molecule has 0 bridgehead atoms. The highest BCUT2D eigenvalue weighted by Gasteiger charge is 2.37. The van der Waals surface area contributed by atoms with Crippen LogP contribution in [0.2, 0.25) is 0 Å². The Morgan fingerprint density at radius 1 is 1.43 bits per heavy atom. The molecule has 1 fully saturated rings. The zero-order valence-electron chi connectivity index (χ0n) is 12.7. The molecule has 1 atom stereocenters. The number of carbonyl (C=O) groups excluding carboxylic acids is 1. The molecule has 2 aromatic rings. The van der Waals surface area contributed by atoms with E-state index in [-0.39, 0.29) is 11.4 Å². The molecule has 1 aromatic carbocycles. The third-order valence-corrected chi connectivity index (χ3v) is 4.60. The SMILES string of the molecule is CC1(C)CCCN1C(=O)[C@H](N)Cc1c[nH]c2ccccc12. The van der Waals surface area contributed by atoms with Crippen LogP contribution in [-0.2, 0) is 11.2 Å². The first-order chi connectivity index (χ1) is 9.99. The first-order valence-electron chi connectivity index (χ1n) is 7.61. The fraction of sp³-hybridized carbons (Fsp3) is 0.471. The van der Waals surface area contributed by atoms with E-state index in [1.165, 1.54) is 0 Å². The number of aromatic nitrogens is 1. The van der Waals surface area contributed by atoms with Crippen LogP contribution in [0.15, 0.2) is 30.5 Å². The van der Waals surface area contributed by atoms with Crippen molar-refractivity contribution in [2.24, 2.45) is 5.73 Å². The Morgan fingerprint density at radius 3 is 2.90 bits per heavy atom. The molecule has 1 aliphatic rings. The fourth-order valence-electron chi connectivity index (χ4n) is 3.34. The van der Waals surface area contributed by atoms with Gasteiger partial charge >= 0.3 is 0 Å². The predicted octanol–water partition coefficient (Wildman–Crippen LogP) is 2.44. The molecule has 0 saturated carbocycles. The van der Waals surface area contributed by atoms with Crippen molar-refractivity contribution in [3.05, 3.63) is 36.0 Å². The molecule has 2 heterocycles. The van der Waals surface area contributed by atoms with Crippen LogP contribution in [0.3, 0.4) is 0 Å². The minimum absolute atomic E-state index is 0.0606. The van der Waals surface area contributed by atoms with Gasteiger partial charge in [0, 0.05) is 29.2 Å².